The number of benzene rings is 3. The van der Waals surface area contributed by atoms with E-state index in [9.17, 15) is 0 Å². The Hall–Kier alpha value is -2.35. The summed E-state index contributed by atoms with van der Waals surface area (Å²) in [5.41, 5.74) is 17.0. The van der Waals surface area contributed by atoms with Gasteiger partial charge in [-0.15, -0.1) is 0 Å². The average Bonchev–Trinajstić information content (AvgIpc) is 2.61. The Labute approximate surface area is 163 Å². The Morgan fingerprint density at radius 3 is 1.41 bits per heavy atom. The van der Waals surface area contributed by atoms with E-state index in [1.54, 1.807) is 0 Å². The lowest BCUT2D eigenvalue weighted by atomic mass is 9.33. The van der Waals surface area contributed by atoms with Gasteiger partial charge < -0.3 is 4.90 Å². The third-order valence-electron chi connectivity index (χ3n) is 6.79. The van der Waals surface area contributed by atoms with E-state index in [0.717, 1.165) is 0 Å². The first-order valence-corrected chi connectivity index (χ1v) is 10.0. The van der Waals surface area contributed by atoms with E-state index in [1.807, 2.05) is 0 Å². The first kappa shape index (κ1) is 15.7. The fourth-order valence-corrected chi connectivity index (χ4v) is 5.66. The molecule has 6 rings (SSSR count). The van der Waals surface area contributed by atoms with Crippen molar-refractivity contribution in [1.29, 1.82) is 0 Å². The third kappa shape index (κ3) is 1.84. The van der Waals surface area contributed by atoms with Gasteiger partial charge in [-0.25, -0.2) is 0 Å². The van der Waals surface area contributed by atoms with Crippen LogP contribution >= 0.6 is 0 Å². The molecule has 27 heavy (non-hydrogen) atoms. The molecule has 3 aromatic carbocycles. The summed E-state index contributed by atoms with van der Waals surface area (Å²) in [5.74, 6) is 0. The van der Waals surface area contributed by atoms with Gasteiger partial charge in [-0.3, -0.25) is 0 Å². The Morgan fingerprint density at radius 1 is 0.593 bits per heavy atom. The minimum absolute atomic E-state index is 0.428. The van der Waals surface area contributed by atoms with Crippen molar-refractivity contribution in [3.05, 3.63) is 53.1 Å². The van der Waals surface area contributed by atoms with Gasteiger partial charge in [0.05, 0.1) is 0 Å². The van der Waals surface area contributed by atoms with Crippen LogP contribution in [0.4, 0.5) is 17.1 Å². The maximum atomic E-state index is 2.60. The molecular formula is C23H21B3N. The van der Waals surface area contributed by atoms with Gasteiger partial charge in [0, 0.05) is 17.1 Å². The summed E-state index contributed by atoms with van der Waals surface area (Å²) in [4.78, 5) is 2.60. The van der Waals surface area contributed by atoms with E-state index in [0.29, 0.717) is 13.4 Å². The zero-order valence-corrected chi connectivity index (χ0v) is 16.6. The van der Waals surface area contributed by atoms with Crippen LogP contribution in [-0.2, 0) is 0 Å². The van der Waals surface area contributed by atoms with Crippen LogP contribution in [0.1, 0.15) is 16.7 Å². The fourth-order valence-electron chi connectivity index (χ4n) is 5.66. The molecule has 0 fully saturated rings. The summed E-state index contributed by atoms with van der Waals surface area (Å²) in [6.45, 7) is 12.3. The van der Waals surface area contributed by atoms with Crippen LogP contribution in [0.25, 0.3) is 0 Å². The van der Waals surface area contributed by atoms with Crippen LogP contribution in [0, 0.1) is 20.8 Å². The van der Waals surface area contributed by atoms with E-state index in [-0.39, 0.29) is 0 Å². The quantitative estimate of drug-likeness (QED) is 0.433. The molecule has 3 heterocycles. The molecule has 0 atom stereocenters. The summed E-state index contributed by atoms with van der Waals surface area (Å²) in [6, 6.07) is 14.3. The highest BCUT2D eigenvalue weighted by atomic mass is 15.2. The van der Waals surface area contributed by atoms with Gasteiger partial charge in [0.25, 0.3) is 0 Å². The van der Waals surface area contributed by atoms with Gasteiger partial charge in [-0.2, -0.15) is 0 Å². The van der Waals surface area contributed by atoms with Crippen molar-refractivity contribution in [1.82, 2.24) is 0 Å². The van der Waals surface area contributed by atoms with Gasteiger partial charge in [0.1, 0.15) is 0 Å². The second-order valence-electron chi connectivity index (χ2n) is 8.80. The van der Waals surface area contributed by atoms with Crippen LogP contribution < -0.4 is 37.7 Å². The second-order valence-corrected chi connectivity index (χ2v) is 8.80. The standard InChI is InChI=1S/C23H21B3N/c1-12-6-15-21-17(8-12)25(4)19-10-14(3)11-20-23(19)27(21)22-16(24-15)7-13(2)9-18(22)26(20)5/h6-11H,1-5H3. The molecule has 3 aliphatic rings. The van der Waals surface area contributed by atoms with Crippen LogP contribution in [0.5, 0.6) is 0 Å². The molecule has 0 bridgehead atoms. The summed E-state index contributed by atoms with van der Waals surface area (Å²) in [5, 5.41) is 0. The lowest BCUT2D eigenvalue weighted by Gasteiger charge is -2.47. The first-order chi connectivity index (χ1) is 12.9. The molecule has 0 saturated carbocycles. The SMILES string of the molecule is CB1c2cc(C)cc3c2N2c4c(cc(C)cc4B(C)c4cc(C)cc1c42)[B]3. The Kier molecular flexibility index (Phi) is 2.86. The van der Waals surface area contributed by atoms with E-state index < -0.39 is 0 Å². The maximum absolute atomic E-state index is 2.60. The Bertz CT molecular complexity index is 1090. The normalized spacial score (nSPS) is 14.9. The number of rotatable bonds is 0. The number of aryl methyl sites for hydroxylation is 3. The first-order valence-electron chi connectivity index (χ1n) is 10.0. The highest BCUT2D eigenvalue weighted by molar-refractivity contribution is 6.94. The third-order valence-corrected chi connectivity index (χ3v) is 6.79. The minimum atomic E-state index is 0.428. The van der Waals surface area contributed by atoms with Crippen molar-refractivity contribution in [3.63, 3.8) is 0 Å². The van der Waals surface area contributed by atoms with Crippen molar-refractivity contribution in [3.8, 4) is 0 Å². The average molecular weight is 344 g/mol. The highest BCUT2D eigenvalue weighted by Crippen LogP contribution is 2.37. The van der Waals surface area contributed by atoms with E-state index in [2.05, 4.69) is 83.0 Å². The smallest absolute Gasteiger partial charge is 0.211 e. The number of nitrogens with zero attached hydrogens (tertiary/aromatic N) is 1. The van der Waals surface area contributed by atoms with Gasteiger partial charge >= 0.3 is 0 Å². The van der Waals surface area contributed by atoms with Crippen LogP contribution in [0.3, 0.4) is 0 Å². The molecule has 0 aliphatic carbocycles. The predicted octanol–water partition coefficient (Wildman–Crippen LogP) is 1.15. The summed E-state index contributed by atoms with van der Waals surface area (Å²) in [7, 11) is 2.41. The van der Waals surface area contributed by atoms with Crippen molar-refractivity contribution in [2.24, 2.45) is 0 Å². The molecule has 0 N–H and O–H groups in total. The van der Waals surface area contributed by atoms with E-state index in [4.69, 9.17) is 0 Å². The van der Waals surface area contributed by atoms with Crippen molar-refractivity contribution >= 4 is 70.5 Å². The molecule has 127 valence electrons. The molecule has 0 spiro atoms. The summed E-state index contributed by atoms with van der Waals surface area (Å²) >= 11 is 0. The number of hydrogen-bond acceptors (Lipinski definition) is 1. The summed E-state index contributed by atoms with van der Waals surface area (Å²) < 4.78 is 0. The molecule has 3 aromatic rings. The fraction of sp³-hybridized carbons (Fsp3) is 0.217. The van der Waals surface area contributed by atoms with Crippen molar-refractivity contribution in [2.75, 3.05) is 4.90 Å². The number of hydrogen-bond donors (Lipinski definition) is 0. The zero-order chi connectivity index (χ0) is 18.6. The zero-order valence-electron chi connectivity index (χ0n) is 16.6. The number of anilines is 3. The lowest BCUT2D eigenvalue weighted by molar-refractivity contribution is 1.29. The minimum Gasteiger partial charge on any atom is -0.314 e. The predicted molar refractivity (Wildman–Crippen MR) is 122 cm³/mol. The summed E-state index contributed by atoms with van der Waals surface area (Å²) in [6.07, 6.45) is 0. The lowest BCUT2D eigenvalue weighted by Crippen LogP contribution is -2.63. The second kappa shape index (κ2) is 4.92. The van der Waals surface area contributed by atoms with Gasteiger partial charge in [0.2, 0.25) is 13.4 Å². The molecule has 1 nitrogen and oxygen atoms in total. The maximum Gasteiger partial charge on any atom is 0.211 e. The Balaban J connectivity index is 1.81. The molecule has 1 radical (unpaired) electrons. The highest BCUT2D eigenvalue weighted by Gasteiger charge is 2.43. The molecule has 0 saturated heterocycles. The monoisotopic (exact) mass is 344 g/mol. The van der Waals surface area contributed by atoms with Crippen molar-refractivity contribution in [2.45, 2.75) is 34.4 Å². The molecule has 0 unspecified atom stereocenters. The molecule has 0 aromatic heterocycles. The molecule has 3 aliphatic heterocycles. The van der Waals surface area contributed by atoms with Gasteiger partial charge in [-0.05, 0) is 20.8 Å². The van der Waals surface area contributed by atoms with Crippen LogP contribution in [-0.4, -0.2) is 20.7 Å². The molecule has 4 heteroatoms. The molecular weight excluding hydrogens is 323 g/mol. The largest absolute Gasteiger partial charge is 0.314 e. The topological polar surface area (TPSA) is 3.24 Å². The van der Waals surface area contributed by atoms with Gasteiger partial charge in [0.15, 0.2) is 7.28 Å². The van der Waals surface area contributed by atoms with Crippen molar-refractivity contribution < 1.29 is 0 Å². The van der Waals surface area contributed by atoms with E-state index in [1.165, 1.54) is 66.5 Å². The molecule has 0 amide bonds. The van der Waals surface area contributed by atoms with Gasteiger partial charge in [-0.1, -0.05) is 99.5 Å². The Morgan fingerprint density at radius 2 is 0.963 bits per heavy atom. The van der Waals surface area contributed by atoms with E-state index >= 15 is 0 Å². The van der Waals surface area contributed by atoms with Crippen LogP contribution in [0.15, 0.2) is 36.4 Å². The van der Waals surface area contributed by atoms with Crippen LogP contribution in [0.2, 0.25) is 13.6 Å².